The Morgan fingerprint density at radius 1 is 1.36 bits per heavy atom. The number of benzene rings is 1. The minimum atomic E-state index is -0.402. The fraction of sp³-hybridized carbons (Fsp3) is 0.562. The van der Waals surface area contributed by atoms with Gasteiger partial charge in [-0.2, -0.15) is 0 Å². The number of carbonyl (C=O) groups excluding carboxylic acids is 1. The molecule has 2 atom stereocenters. The van der Waals surface area contributed by atoms with Crippen molar-refractivity contribution in [2.75, 3.05) is 29.9 Å². The Bertz CT molecular complexity index is 518. The molecule has 5 nitrogen and oxygen atoms in total. The summed E-state index contributed by atoms with van der Waals surface area (Å²) in [6.45, 7) is 5.41. The van der Waals surface area contributed by atoms with Crippen LogP contribution < -0.4 is 15.5 Å². The van der Waals surface area contributed by atoms with Crippen molar-refractivity contribution in [2.45, 2.75) is 32.7 Å². The molecular formula is C16H24FN3O2. The van der Waals surface area contributed by atoms with Gasteiger partial charge in [-0.15, -0.1) is 0 Å². The highest BCUT2D eigenvalue weighted by atomic mass is 19.1. The van der Waals surface area contributed by atoms with E-state index in [1.165, 1.54) is 6.07 Å². The first-order valence-corrected chi connectivity index (χ1v) is 7.74. The molecule has 22 heavy (non-hydrogen) atoms. The van der Waals surface area contributed by atoms with Crippen LogP contribution in [-0.2, 0) is 0 Å². The number of urea groups is 1. The van der Waals surface area contributed by atoms with Crippen molar-refractivity contribution in [1.82, 2.24) is 5.32 Å². The molecule has 1 aliphatic rings. The van der Waals surface area contributed by atoms with Gasteiger partial charge >= 0.3 is 6.03 Å². The maximum absolute atomic E-state index is 14.2. The summed E-state index contributed by atoms with van der Waals surface area (Å²) in [4.78, 5) is 13.9. The monoisotopic (exact) mass is 309 g/mol. The molecule has 1 fully saturated rings. The summed E-state index contributed by atoms with van der Waals surface area (Å²) < 4.78 is 14.2. The van der Waals surface area contributed by atoms with Crippen LogP contribution in [-0.4, -0.2) is 36.9 Å². The molecule has 1 saturated heterocycles. The number of rotatable bonds is 5. The van der Waals surface area contributed by atoms with Crippen molar-refractivity contribution in [3.05, 3.63) is 24.0 Å². The Hall–Kier alpha value is -1.82. The van der Waals surface area contributed by atoms with Gasteiger partial charge in [-0.25, -0.2) is 9.18 Å². The van der Waals surface area contributed by atoms with E-state index >= 15 is 0 Å². The number of hydrogen-bond donors (Lipinski definition) is 3. The minimum Gasteiger partial charge on any atom is -0.396 e. The third-order valence-corrected chi connectivity index (χ3v) is 4.15. The van der Waals surface area contributed by atoms with E-state index in [1.54, 1.807) is 12.1 Å². The molecule has 0 aromatic heterocycles. The highest BCUT2D eigenvalue weighted by molar-refractivity contribution is 5.89. The zero-order chi connectivity index (χ0) is 16.1. The summed E-state index contributed by atoms with van der Waals surface area (Å²) in [5, 5.41) is 14.4. The summed E-state index contributed by atoms with van der Waals surface area (Å²) in [5.41, 5.74) is 1.01. The Kier molecular flexibility index (Phi) is 5.60. The van der Waals surface area contributed by atoms with Gasteiger partial charge < -0.3 is 20.6 Å². The van der Waals surface area contributed by atoms with Gasteiger partial charge in [-0.3, -0.25) is 0 Å². The van der Waals surface area contributed by atoms with Gasteiger partial charge in [-0.1, -0.05) is 6.92 Å². The van der Waals surface area contributed by atoms with Crippen molar-refractivity contribution >= 4 is 17.4 Å². The Balaban J connectivity index is 1.95. The smallest absolute Gasteiger partial charge is 0.319 e. The number of aliphatic hydroxyl groups excluding tert-OH is 1. The van der Waals surface area contributed by atoms with Crippen LogP contribution in [0, 0.1) is 11.7 Å². The second-order valence-electron chi connectivity index (χ2n) is 5.91. The molecule has 6 heteroatoms. The molecule has 122 valence electrons. The van der Waals surface area contributed by atoms with Gasteiger partial charge in [0.2, 0.25) is 0 Å². The molecule has 0 spiro atoms. The van der Waals surface area contributed by atoms with E-state index in [-0.39, 0.29) is 24.4 Å². The number of amides is 2. The van der Waals surface area contributed by atoms with Crippen LogP contribution in [0.2, 0.25) is 0 Å². The predicted octanol–water partition coefficient (Wildman–Crippen LogP) is 2.56. The summed E-state index contributed by atoms with van der Waals surface area (Å²) in [6.07, 6.45) is 2.17. The van der Waals surface area contributed by atoms with Crippen LogP contribution in [0.4, 0.5) is 20.6 Å². The lowest BCUT2D eigenvalue weighted by Gasteiger charge is -2.20. The molecule has 1 aromatic rings. The van der Waals surface area contributed by atoms with Gasteiger partial charge in [0, 0.05) is 31.4 Å². The van der Waals surface area contributed by atoms with E-state index in [4.69, 9.17) is 5.11 Å². The number of nitrogens with one attached hydrogen (secondary N) is 2. The van der Waals surface area contributed by atoms with Crippen molar-refractivity contribution in [3.63, 3.8) is 0 Å². The van der Waals surface area contributed by atoms with Crippen molar-refractivity contribution < 1.29 is 14.3 Å². The topological polar surface area (TPSA) is 64.6 Å². The van der Waals surface area contributed by atoms with Gasteiger partial charge in [-0.05, 0) is 43.9 Å². The van der Waals surface area contributed by atoms with Gasteiger partial charge in [0.05, 0.1) is 5.69 Å². The Morgan fingerprint density at radius 3 is 2.64 bits per heavy atom. The van der Waals surface area contributed by atoms with Crippen molar-refractivity contribution in [2.24, 2.45) is 5.92 Å². The first-order valence-electron chi connectivity index (χ1n) is 7.74. The van der Waals surface area contributed by atoms with Crippen LogP contribution >= 0.6 is 0 Å². The standard InChI is InChI=1S/C16H24FN3O2/c1-11(10-21)12(2)18-16(22)19-13-5-6-15(14(17)9-13)20-7-3-4-8-20/h5-6,9,11-12,21H,3-4,7-8,10H2,1-2H3,(H2,18,19,22). The number of halogens is 1. The number of aliphatic hydroxyl groups is 1. The SMILES string of the molecule is CC(CO)C(C)NC(=O)Nc1ccc(N2CCCC2)c(F)c1. The summed E-state index contributed by atoms with van der Waals surface area (Å²) in [6, 6.07) is 4.18. The molecule has 2 amide bonds. The normalized spacial score (nSPS) is 17.2. The Labute approximate surface area is 130 Å². The molecule has 2 rings (SSSR count). The molecule has 0 bridgehead atoms. The maximum atomic E-state index is 14.2. The van der Waals surface area contributed by atoms with Crippen molar-refractivity contribution in [1.29, 1.82) is 0 Å². The van der Waals surface area contributed by atoms with Crippen LogP contribution in [0.3, 0.4) is 0 Å². The second kappa shape index (κ2) is 7.45. The molecule has 0 saturated carbocycles. The molecule has 3 N–H and O–H groups in total. The van der Waals surface area contributed by atoms with Crippen LogP contribution in [0.15, 0.2) is 18.2 Å². The highest BCUT2D eigenvalue weighted by Gasteiger charge is 2.17. The summed E-state index contributed by atoms with van der Waals surface area (Å²) >= 11 is 0. The highest BCUT2D eigenvalue weighted by Crippen LogP contribution is 2.26. The molecule has 1 aliphatic heterocycles. The van der Waals surface area contributed by atoms with E-state index in [0.29, 0.717) is 11.4 Å². The lowest BCUT2D eigenvalue weighted by atomic mass is 10.1. The molecular weight excluding hydrogens is 285 g/mol. The summed E-state index contributed by atoms with van der Waals surface area (Å²) in [7, 11) is 0. The van der Waals surface area contributed by atoms with Crippen LogP contribution in [0.1, 0.15) is 26.7 Å². The number of anilines is 2. The third-order valence-electron chi connectivity index (χ3n) is 4.15. The van der Waals surface area contributed by atoms with E-state index < -0.39 is 6.03 Å². The predicted molar refractivity (Wildman–Crippen MR) is 85.7 cm³/mol. The molecule has 2 unspecified atom stereocenters. The lowest BCUT2D eigenvalue weighted by molar-refractivity contribution is 0.204. The second-order valence-corrected chi connectivity index (χ2v) is 5.91. The zero-order valence-corrected chi connectivity index (χ0v) is 13.1. The van der Waals surface area contributed by atoms with Gasteiger partial charge in [0.1, 0.15) is 5.82 Å². The summed E-state index contributed by atoms with van der Waals surface area (Å²) in [5.74, 6) is -0.364. The molecule has 1 aromatic carbocycles. The minimum absolute atomic E-state index is 0.000602. The zero-order valence-electron chi connectivity index (χ0n) is 13.1. The molecule has 0 aliphatic carbocycles. The average molecular weight is 309 g/mol. The van der Waals surface area contributed by atoms with Crippen LogP contribution in [0.5, 0.6) is 0 Å². The lowest BCUT2D eigenvalue weighted by Crippen LogP contribution is -2.40. The van der Waals surface area contributed by atoms with E-state index in [1.807, 2.05) is 18.7 Å². The quantitative estimate of drug-likeness (QED) is 0.783. The van der Waals surface area contributed by atoms with Gasteiger partial charge in [0.15, 0.2) is 0 Å². The van der Waals surface area contributed by atoms with Crippen molar-refractivity contribution in [3.8, 4) is 0 Å². The fourth-order valence-corrected chi connectivity index (χ4v) is 2.47. The largest absolute Gasteiger partial charge is 0.396 e. The first kappa shape index (κ1) is 16.5. The average Bonchev–Trinajstić information content (AvgIpc) is 3.00. The molecule has 1 heterocycles. The fourth-order valence-electron chi connectivity index (χ4n) is 2.47. The number of hydrogen-bond acceptors (Lipinski definition) is 3. The molecule has 0 radical (unpaired) electrons. The Morgan fingerprint density at radius 2 is 2.05 bits per heavy atom. The van der Waals surface area contributed by atoms with Crippen LogP contribution in [0.25, 0.3) is 0 Å². The van der Waals surface area contributed by atoms with E-state index in [2.05, 4.69) is 10.6 Å². The third kappa shape index (κ3) is 4.10. The van der Waals surface area contributed by atoms with E-state index in [0.717, 1.165) is 25.9 Å². The number of nitrogens with zero attached hydrogens (tertiary/aromatic N) is 1. The maximum Gasteiger partial charge on any atom is 0.319 e. The first-order chi connectivity index (χ1) is 10.5. The van der Waals surface area contributed by atoms with E-state index in [9.17, 15) is 9.18 Å². The van der Waals surface area contributed by atoms with Gasteiger partial charge in [0.25, 0.3) is 0 Å². The number of carbonyl (C=O) groups is 1.